The third-order valence-electron chi connectivity index (χ3n) is 4.82. The summed E-state index contributed by atoms with van der Waals surface area (Å²) in [5.41, 5.74) is 5.09. The van der Waals surface area contributed by atoms with E-state index in [1.54, 1.807) is 18.3 Å². The fraction of sp³-hybridized carbons (Fsp3) is 0.571. The maximum absolute atomic E-state index is 12.6. The number of carbonyl (C=O) groups excluding carboxylic acids is 1. The molecule has 6 heteroatoms. The predicted octanol–water partition coefficient (Wildman–Crippen LogP) is 1.82. The summed E-state index contributed by atoms with van der Waals surface area (Å²) in [6.45, 7) is 4.60. The molecule has 1 saturated heterocycles. The van der Waals surface area contributed by atoms with Gasteiger partial charge in [0.1, 0.15) is 5.54 Å². The van der Waals surface area contributed by atoms with Gasteiger partial charge in [-0.2, -0.15) is 0 Å². The summed E-state index contributed by atoms with van der Waals surface area (Å²) in [5, 5.41) is 3.16. The number of pyridine rings is 1. The first-order chi connectivity index (χ1) is 9.39. The second-order valence-corrected chi connectivity index (χ2v) is 6.47. The molecule has 3 N–H and O–H groups in total. The number of amides is 1. The van der Waals surface area contributed by atoms with E-state index in [0.717, 1.165) is 6.42 Å². The minimum absolute atomic E-state index is 0.0532. The number of hydrogen-bond donors (Lipinski definition) is 2. The van der Waals surface area contributed by atoms with Gasteiger partial charge in [-0.1, -0.05) is 25.4 Å². The molecular weight excluding hydrogens is 278 g/mol. The van der Waals surface area contributed by atoms with E-state index in [9.17, 15) is 4.79 Å². The van der Waals surface area contributed by atoms with Crippen molar-refractivity contribution >= 4 is 23.3 Å². The van der Waals surface area contributed by atoms with Crippen LogP contribution in [0.1, 0.15) is 20.3 Å². The largest absolute Gasteiger partial charge is 0.377 e. The number of halogens is 1. The van der Waals surface area contributed by atoms with E-state index in [1.807, 2.05) is 13.8 Å². The first-order valence-corrected chi connectivity index (χ1v) is 7.09. The number of nitrogens with zero attached hydrogens (tertiary/aromatic N) is 1. The summed E-state index contributed by atoms with van der Waals surface area (Å²) in [7, 11) is 0. The zero-order valence-electron chi connectivity index (χ0n) is 11.5. The van der Waals surface area contributed by atoms with Crippen molar-refractivity contribution in [3.05, 3.63) is 23.4 Å². The highest BCUT2D eigenvalue weighted by molar-refractivity contribution is 6.33. The smallest absolute Gasteiger partial charge is 0.246 e. The Morgan fingerprint density at radius 3 is 3.05 bits per heavy atom. The van der Waals surface area contributed by atoms with Gasteiger partial charge in [0.2, 0.25) is 5.91 Å². The van der Waals surface area contributed by atoms with Crippen LogP contribution in [0.3, 0.4) is 0 Å². The van der Waals surface area contributed by atoms with E-state index in [0.29, 0.717) is 17.4 Å². The first kappa shape index (κ1) is 13.8. The molecular formula is C14H18ClN3O2. The van der Waals surface area contributed by atoms with Gasteiger partial charge in [0.05, 0.1) is 11.1 Å². The van der Waals surface area contributed by atoms with E-state index < -0.39 is 11.0 Å². The molecule has 2 fully saturated rings. The normalized spacial score (nSPS) is 34.2. The zero-order chi connectivity index (χ0) is 14.5. The number of rotatable bonds is 2. The Labute approximate surface area is 122 Å². The molecule has 1 aromatic heterocycles. The van der Waals surface area contributed by atoms with Crippen molar-refractivity contribution in [1.82, 2.24) is 4.98 Å². The maximum Gasteiger partial charge on any atom is 0.246 e. The molecule has 3 rings (SSSR count). The maximum atomic E-state index is 12.6. The SMILES string of the molecule is CC1(C)C2OCCC2C1(N)C(=O)Nc1ncccc1Cl. The van der Waals surface area contributed by atoms with E-state index >= 15 is 0 Å². The van der Waals surface area contributed by atoms with Crippen LogP contribution in [0.5, 0.6) is 0 Å². The number of fused-ring (bicyclic) bond motifs is 1. The van der Waals surface area contributed by atoms with E-state index in [1.165, 1.54) is 0 Å². The summed E-state index contributed by atoms with van der Waals surface area (Å²) < 4.78 is 5.69. The Morgan fingerprint density at radius 1 is 1.60 bits per heavy atom. The average Bonchev–Trinajstić information content (AvgIpc) is 2.88. The first-order valence-electron chi connectivity index (χ1n) is 6.71. The van der Waals surface area contributed by atoms with Crippen LogP contribution in [0.2, 0.25) is 5.02 Å². The highest BCUT2D eigenvalue weighted by atomic mass is 35.5. The van der Waals surface area contributed by atoms with Crippen molar-refractivity contribution in [3.8, 4) is 0 Å². The Balaban J connectivity index is 1.85. The van der Waals surface area contributed by atoms with Crippen molar-refractivity contribution in [2.75, 3.05) is 11.9 Å². The molecule has 20 heavy (non-hydrogen) atoms. The number of nitrogens with two attached hydrogens (primary N) is 1. The van der Waals surface area contributed by atoms with Crippen LogP contribution in [0.25, 0.3) is 0 Å². The van der Waals surface area contributed by atoms with Crippen LogP contribution in [-0.4, -0.2) is 29.1 Å². The van der Waals surface area contributed by atoms with Gasteiger partial charge in [0.15, 0.2) is 5.82 Å². The third kappa shape index (κ3) is 1.63. The number of ether oxygens (including phenoxy) is 1. The minimum Gasteiger partial charge on any atom is -0.377 e. The lowest BCUT2D eigenvalue weighted by Crippen LogP contribution is -2.79. The van der Waals surface area contributed by atoms with Gasteiger partial charge in [-0.25, -0.2) is 4.98 Å². The highest BCUT2D eigenvalue weighted by Gasteiger charge is 2.71. The minimum atomic E-state index is -0.949. The van der Waals surface area contributed by atoms with Gasteiger partial charge >= 0.3 is 0 Å². The second-order valence-electron chi connectivity index (χ2n) is 6.07. The van der Waals surface area contributed by atoms with Crippen molar-refractivity contribution in [2.45, 2.75) is 31.9 Å². The molecule has 5 nitrogen and oxygen atoms in total. The van der Waals surface area contributed by atoms with Crippen LogP contribution in [0.4, 0.5) is 5.82 Å². The van der Waals surface area contributed by atoms with Gasteiger partial charge in [0.25, 0.3) is 0 Å². The molecule has 108 valence electrons. The highest BCUT2D eigenvalue weighted by Crippen LogP contribution is 2.58. The van der Waals surface area contributed by atoms with Crippen LogP contribution in [0.15, 0.2) is 18.3 Å². The van der Waals surface area contributed by atoms with Gasteiger partial charge in [-0.15, -0.1) is 0 Å². The number of anilines is 1. The number of carbonyl (C=O) groups is 1. The molecule has 3 unspecified atom stereocenters. The quantitative estimate of drug-likeness (QED) is 0.872. The lowest BCUT2D eigenvalue weighted by atomic mass is 9.48. The zero-order valence-corrected chi connectivity index (χ0v) is 12.3. The molecule has 0 radical (unpaired) electrons. The standard InChI is InChI=1S/C14H18ClN3O2/c1-13(2)10-8(5-7-20-10)14(13,16)12(19)18-11-9(15)4-3-6-17-11/h3-4,6,8,10H,5,7,16H2,1-2H3,(H,17,18,19). The topological polar surface area (TPSA) is 77.2 Å². The van der Waals surface area contributed by atoms with Gasteiger partial charge in [-0.3, -0.25) is 4.79 Å². The van der Waals surface area contributed by atoms with Gasteiger partial charge < -0.3 is 15.8 Å². The van der Waals surface area contributed by atoms with Crippen LogP contribution in [-0.2, 0) is 9.53 Å². The average molecular weight is 296 g/mol. The number of hydrogen-bond acceptors (Lipinski definition) is 4. The van der Waals surface area contributed by atoms with Crippen LogP contribution in [0, 0.1) is 11.3 Å². The molecule has 0 bridgehead atoms. The fourth-order valence-electron chi connectivity index (χ4n) is 3.53. The van der Waals surface area contributed by atoms with Gasteiger partial charge in [-0.05, 0) is 18.6 Å². The number of aromatic nitrogens is 1. The fourth-order valence-corrected chi connectivity index (χ4v) is 3.70. The lowest BCUT2D eigenvalue weighted by Gasteiger charge is -2.60. The second kappa shape index (κ2) is 4.41. The van der Waals surface area contributed by atoms with Gasteiger partial charge in [0, 0.05) is 24.1 Å². The summed E-state index contributed by atoms with van der Waals surface area (Å²) >= 11 is 6.02. The van der Waals surface area contributed by atoms with Crippen molar-refractivity contribution in [1.29, 1.82) is 0 Å². The molecule has 1 aliphatic heterocycles. The molecule has 0 aromatic carbocycles. The Bertz CT molecular complexity index is 563. The van der Waals surface area contributed by atoms with E-state index in [4.69, 9.17) is 22.1 Å². The third-order valence-corrected chi connectivity index (χ3v) is 5.13. The number of nitrogens with one attached hydrogen (secondary N) is 1. The Hall–Kier alpha value is -1.17. The molecule has 2 aliphatic rings. The van der Waals surface area contributed by atoms with E-state index in [2.05, 4.69) is 10.3 Å². The van der Waals surface area contributed by atoms with Crippen LogP contribution >= 0.6 is 11.6 Å². The van der Waals surface area contributed by atoms with E-state index in [-0.39, 0.29) is 17.9 Å². The molecule has 1 aliphatic carbocycles. The molecule has 3 atom stereocenters. The van der Waals surface area contributed by atoms with Crippen molar-refractivity contribution in [2.24, 2.45) is 17.1 Å². The monoisotopic (exact) mass is 295 g/mol. The van der Waals surface area contributed by atoms with Crippen LogP contribution < -0.4 is 11.1 Å². The Kier molecular flexibility index (Phi) is 3.04. The summed E-state index contributed by atoms with van der Waals surface area (Å²) in [6, 6.07) is 3.39. The molecule has 0 spiro atoms. The summed E-state index contributed by atoms with van der Waals surface area (Å²) in [4.78, 5) is 16.7. The summed E-state index contributed by atoms with van der Waals surface area (Å²) in [5.74, 6) is 0.164. The Morgan fingerprint density at radius 2 is 2.35 bits per heavy atom. The molecule has 2 heterocycles. The molecule has 1 amide bonds. The van der Waals surface area contributed by atoms with Crippen molar-refractivity contribution < 1.29 is 9.53 Å². The lowest BCUT2D eigenvalue weighted by molar-refractivity contribution is -0.170. The molecule has 1 saturated carbocycles. The molecule has 1 aromatic rings. The summed E-state index contributed by atoms with van der Waals surface area (Å²) in [6.07, 6.45) is 2.45. The van der Waals surface area contributed by atoms with Crippen molar-refractivity contribution in [3.63, 3.8) is 0 Å². The predicted molar refractivity (Wildman–Crippen MR) is 76.4 cm³/mol.